The van der Waals surface area contributed by atoms with E-state index in [4.69, 9.17) is 19.7 Å². The molecule has 0 aliphatic carbocycles. The molecule has 8 nitrogen and oxygen atoms in total. The number of aliphatic hydroxyl groups excluding tert-OH is 2. The van der Waals surface area contributed by atoms with Gasteiger partial charge < -0.3 is 30.1 Å². The first-order valence-electron chi connectivity index (χ1n) is 11.2. The van der Waals surface area contributed by atoms with E-state index in [1.807, 2.05) is 36.4 Å². The van der Waals surface area contributed by atoms with Crippen LogP contribution in [-0.4, -0.2) is 51.4 Å². The Bertz CT molecular complexity index is 935. The molecule has 2 aromatic carbocycles. The van der Waals surface area contributed by atoms with E-state index >= 15 is 0 Å². The number of hydrogen-bond donors (Lipinski definition) is 4. The van der Waals surface area contributed by atoms with Gasteiger partial charge in [0, 0.05) is 35.1 Å². The Kier molecular flexibility index (Phi) is 9.91. The second-order valence-electron chi connectivity index (χ2n) is 8.18. The number of rotatable bonds is 11. The number of carbonyl (C=O) groups excluding carboxylic acids is 1. The molecular weight excluding hydrogens is 458 g/mol. The molecule has 9 heteroatoms. The monoisotopic (exact) mass is 489 g/mol. The molecule has 0 saturated carbocycles. The molecule has 1 fully saturated rings. The molecule has 2 aromatic rings. The second kappa shape index (κ2) is 12.9. The smallest absolute Gasteiger partial charge is 0.303 e. The summed E-state index contributed by atoms with van der Waals surface area (Å²) in [7, 11) is 0. The normalized spacial score (nSPS) is 22.3. The maximum Gasteiger partial charge on any atom is 0.303 e. The van der Waals surface area contributed by atoms with Crippen LogP contribution in [0.15, 0.2) is 48.5 Å². The van der Waals surface area contributed by atoms with Crippen LogP contribution in [0.4, 0.5) is 5.69 Å². The number of ether oxygens (including phenoxy) is 2. The molecule has 4 atom stereocenters. The third-order valence-corrected chi connectivity index (χ3v) is 6.71. The van der Waals surface area contributed by atoms with Gasteiger partial charge in [0.25, 0.3) is 0 Å². The maximum absolute atomic E-state index is 11.9. The fraction of sp³-hybridized carbons (Fsp3) is 0.440. The van der Waals surface area contributed by atoms with Gasteiger partial charge in [-0.05, 0) is 23.3 Å². The first kappa shape index (κ1) is 26.2. The largest absolute Gasteiger partial charge is 0.481 e. The molecule has 3 rings (SSSR count). The first-order valence-corrected chi connectivity index (χ1v) is 12.4. The summed E-state index contributed by atoms with van der Waals surface area (Å²) in [5.41, 5.74) is 3.19. The highest BCUT2D eigenvalue weighted by atomic mass is 32.2. The van der Waals surface area contributed by atoms with Gasteiger partial charge in [-0.2, -0.15) is 11.8 Å². The number of nitrogens with one attached hydrogen (secondary N) is 1. The highest BCUT2D eigenvalue weighted by Crippen LogP contribution is 2.42. The van der Waals surface area contributed by atoms with E-state index in [0.29, 0.717) is 17.2 Å². The summed E-state index contributed by atoms with van der Waals surface area (Å²) in [5.74, 6) is 0.0321. The van der Waals surface area contributed by atoms with Gasteiger partial charge >= 0.3 is 5.97 Å². The highest BCUT2D eigenvalue weighted by Gasteiger charge is 2.38. The topological polar surface area (TPSA) is 125 Å². The number of aliphatic hydroxyl groups is 2. The van der Waals surface area contributed by atoms with Crippen molar-refractivity contribution < 1.29 is 34.4 Å². The lowest BCUT2D eigenvalue weighted by molar-refractivity contribution is -0.268. The molecule has 4 unspecified atom stereocenters. The molecule has 1 heterocycles. The molecule has 0 aromatic heterocycles. The van der Waals surface area contributed by atoms with Crippen LogP contribution in [-0.2, 0) is 25.7 Å². The van der Waals surface area contributed by atoms with Crippen molar-refractivity contribution in [2.45, 2.75) is 44.9 Å². The van der Waals surface area contributed by atoms with Crippen LogP contribution >= 0.6 is 11.8 Å². The zero-order valence-corrected chi connectivity index (χ0v) is 19.9. The summed E-state index contributed by atoms with van der Waals surface area (Å²) >= 11 is 1.63. The SMILES string of the molecule is CC1C(CSCCO)OC(c2ccc(NC(=O)CCC(=O)O)cc2)OC1c1ccc(CO)cc1. The third-order valence-electron chi connectivity index (χ3n) is 5.67. The Hall–Kier alpha value is -2.43. The minimum Gasteiger partial charge on any atom is -0.481 e. The Labute approximate surface area is 203 Å². The Morgan fingerprint density at radius 2 is 1.65 bits per heavy atom. The molecule has 1 amide bonds. The number of carbonyl (C=O) groups is 2. The second-order valence-corrected chi connectivity index (χ2v) is 9.33. The molecule has 184 valence electrons. The number of carboxylic acid groups (broad SMARTS) is 1. The number of aliphatic carboxylic acids is 1. The van der Waals surface area contributed by atoms with Crippen LogP contribution in [0.1, 0.15) is 48.8 Å². The van der Waals surface area contributed by atoms with Gasteiger partial charge in [-0.1, -0.05) is 43.3 Å². The van der Waals surface area contributed by atoms with E-state index in [0.717, 1.165) is 16.7 Å². The third kappa shape index (κ3) is 7.28. The number of anilines is 1. The summed E-state index contributed by atoms with van der Waals surface area (Å²) in [6.45, 7) is 2.17. The van der Waals surface area contributed by atoms with Gasteiger partial charge in [-0.3, -0.25) is 9.59 Å². The maximum atomic E-state index is 11.9. The standard InChI is InChI=1S/C25H31NO7S/c1-16-21(15-34-13-12-27)32-25(33-24(16)18-4-2-17(14-28)3-5-18)19-6-8-20(9-7-19)26-22(29)10-11-23(30)31/h2-9,16,21,24-25,27-28H,10-15H2,1H3,(H,26,29)(H,30,31). The van der Waals surface area contributed by atoms with E-state index in [2.05, 4.69) is 12.2 Å². The van der Waals surface area contributed by atoms with Crippen molar-refractivity contribution in [2.75, 3.05) is 23.4 Å². The number of carboxylic acids is 1. The van der Waals surface area contributed by atoms with Gasteiger partial charge in [-0.15, -0.1) is 0 Å². The van der Waals surface area contributed by atoms with E-state index in [1.54, 1.807) is 23.9 Å². The van der Waals surface area contributed by atoms with Crippen LogP contribution < -0.4 is 5.32 Å². The van der Waals surface area contributed by atoms with Crippen LogP contribution in [0.5, 0.6) is 0 Å². The first-order chi connectivity index (χ1) is 16.4. The van der Waals surface area contributed by atoms with E-state index in [1.165, 1.54) is 0 Å². The van der Waals surface area contributed by atoms with Crippen molar-refractivity contribution in [3.05, 3.63) is 65.2 Å². The molecule has 0 radical (unpaired) electrons. The minimum atomic E-state index is -1.02. The molecule has 1 saturated heterocycles. The fourth-order valence-corrected chi connectivity index (χ4v) is 4.65. The number of amides is 1. The van der Waals surface area contributed by atoms with Gasteiger partial charge in [0.2, 0.25) is 5.91 Å². The van der Waals surface area contributed by atoms with Crippen molar-refractivity contribution in [2.24, 2.45) is 5.92 Å². The number of benzene rings is 2. The lowest BCUT2D eigenvalue weighted by atomic mass is 9.91. The van der Waals surface area contributed by atoms with Crippen molar-refractivity contribution >= 4 is 29.3 Å². The zero-order chi connectivity index (χ0) is 24.5. The summed E-state index contributed by atoms with van der Waals surface area (Å²) in [6, 6.07) is 14.8. The average Bonchev–Trinajstić information content (AvgIpc) is 2.84. The molecule has 1 aliphatic rings. The van der Waals surface area contributed by atoms with E-state index in [-0.39, 0.29) is 50.1 Å². The van der Waals surface area contributed by atoms with E-state index < -0.39 is 12.3 Å². The highest BCUT2D eigenvalue weighted by molar-refractivity contribution is 7.99. The quantitative estimate of drug-likeness (QED) is 0.354. The molecule has 34 heavy (non-hydrogen) atoms. The minimum absolute atomic E-state index is 0.0211. The molecule has 0 bridgehead atoms. The lowest BCUT2D eigenvalue weighted by Crippen LogP contribution is -2.38. The van der Waals surface area contributed by atoms with Crippen molar-refractivity contribution in [1.29, 1.82) is 0 Å². The van der Waals surface area contributed by atoms with Crippen molar-refractivity contribution in [3.8, 4) is 0 Å². The van der Waals surface area contributed by atoms with Crippen LogP contribution in [0.25, 0.3) is 0 Å². The fourth-order valence-electron chi connectivity index (χ4n) is 3.74. The lowest BCUT2D eigenvalue weighted by Gasteiger charge is -2.41. The number of hydrogen-bond acceptors (Lipinski definition) is 7. The van der Waals surface area contributed by atoms with Crippen LogP contribution in [0.3, 0.4) is 0 Å². The molecule has 0 spiro atoms. The van der Waals surface area contributed by atoms with Gasteiger partial charge in [-0.25, -0.2) is 0 Å². The van der Waals surface area contributed by atoms with Crippen LogP contribution in [0, 0.1) is 5.92 Å². The summed E-state index contributed by atoms with van der Waals surface area (Å²) in [6.07, 6.45) is -1.25. The zero-order valence-electron chi connectivity index (χ0n) is 19.1. The number of thioether (sulfide) groups is 1. The van der Waals surface area contributed by atoms with Crippen LogP contribution in [0.2, 0.25) is 0 Å². The predicted octanol–water partition coefficient (Wildman–Crippen LogP) is 3.50. The van der Waals surface area contributed by atoms with Gasteiger partial charge in [0.15, 0.2) is 6.29 Å². The Morgan fingerprint density at radius 3 is 2.26 bits per heavy atom. The Balaban J connectivity index is 1.74. The Morgan fingerprint density at radius 1 is 0.971 bits per heavy atom. The van der Waals surface area contributed by atoms with Crippen molar-refractivity contribution in [1.82, 2.24) is 0 Å². The average molecular weight is 490 g/mol. The molecular formula is C25H31NO7S. The molecule has 1 aliphatic heterocycles. The van der Waals surface area contributed by atoms with Gasteiger partial charge in [0.1, 0.15) is 0 Å². The summed E-state index contributed by atoms with van der Waals surface area (Å²) in [4.78, 5) is 22.5. The van der Waals surface area contributed by atoms with Gasteiger partial charge in [0.05, 0.1) is 31.8 Å². The summed E-state index contributed by atoms with van der Waals surface area (Å²) < 4.78 is 12.7. The predicted molar refractivity (Wildman–Crippen MR) is 129 cm³/mol. The van der Waals surface area contributed by atoms with Crippen molar-refractivity contribution in [3.63, 3.8) is 0 Å². The molecule has 4 N–H and O–H groups in total. The summed E-state index contributed by atoms with van der Waals surface area (Å²) in [5, 5.41) is 29.9. The van der Waals surface area contributed by atoms with E-state index in [9.17, 15) is 14.7 Å².